The molecular formula is C21H25ClFN3O2. The van der Waals surface area contributed by atoms with E-state index in [1.807, 2.05) is 12.1 Å². The second-order valence-electron chi connectivity index (χ2n) is 6.73. The van der Waals surface area contributed by atoms with Crippen molar-refractivity contribution in [2.75, 3.05) is 26.2 Å². The van der Waals surface area contributed by atoms with Gasteiger partial charge in [-0.2, -0.15) is 0 Å². The molecule has 0 aliphatic carbocycles. The van der Waals surface area contributed by atoms with Crippen LogP contribution in [0.15, 0.2) is 48.5 Å². The highest BCUT2D eigenvalue weighted by molar-refractivity contribution is 5.94. The minimum absolute atomic E-state index is 0. The van der Waals surface area contributed by atoms with Crippen molar-refractivity contribution in [3.8, 4) is 0 Å². The van der Waals surface area contributed by atoms with Crippen LogP contribution in [0.25, 0.3) is 0 Å². The van der Waals surface area contributed by atoms with Gasteiger partial charge in [-0.15, -0.1) is 12.4 Å². The number of halogens is 2. The zero-order chi connectivity index (χ0) is 19.2. The largest absolute Gasteiger partial charge is 0.341 e. The number of nitrogens with two attached hydrogens (primary N) is 1. The van der Waals surface area contributed by atoms with E-state index >= 15 is 0 Å². The Kier molecular flexibility index (Phi) is 7.96. The number of rotatable bonds is 4. The fourth-order valence-corrected chi connectivity index (χ4v) is 3.27. The average molecular weight is 406 g/mol. The Morgan fingerprint density at radius 3 is 2.29 bits per heavy atom. The SMILES string of the molecule is Cl.NCc1ccc(C(=O)N2CCCN(C(=O)Cc3cccc(F)c3)CC2)cc1. The first-order valence-corrected chi connectivity index (χ1v) is 9.17. The van der Waals surface area contributed by atoms with Gasteiger partial charge in [0.2, 0.25) is 5.91 Å². The van der Waals surface area contributed by atoms with Gasteiger partial charge in [0.25, 0.3) is 5.91 Å². The Morgan fingerprint density at radius 1 is 0.929 bits per heavy atom. The molecule has 0 bridgehead atoms. The maximum atomic E-state index is 13.3. The molecule has 28 heavy (non-hydrogen) atoms. The van der Waals surface area contributed by atoms with Crippen LogP contribution in [-0.4, -0.2) is 47.8 Å². The lowest BCUT2D eigenvalue weighted by atomic mass is 10.1. The van der Waals surface area contributed by atoms with Crippen LogP contribution in [0.4, 0.5) is 4.39 Å². The van der Waals surface area contributed by atoms with Crippen LogP contribution in [0.5, 0.6) is 0 Å². The smallest absolute Gasteiger partial charge is 0.253 e. The van der Waals surface area contributed by atoms with Crippen LogP contribution in [0.1, 0.15) is 27.9 Å². The van der Waals surface area contributed by atoms with Crippen molar-refractivity contribution < 1.29 is 14.0 Å². The molecule has 2 aromatic carbocycles. The topological polar surface area (TPSA) is 66.6 Å². The van der Waals surface area contributed by atoms with Crippen LogP contribution in [0.2, 0.25) is 0 Å². The summed E-state index contributed by atoms with van der Waals surface area (Å²) in [6.45, 7) is 2.64. The predicted molar refractivity (Wildman–Crippen MR) is 109 cm³/mol. The number of carbonyl (C=O) groups is 2. The molecule has 0 atom stereocenters. The Balaban J connectivity index is 0.00000280. The second kappa shape index (κ2) is 10.2. The first-order valence-electron chi connectivity index (χ1n) is 9.17. The molecule has 3 rings (SSSR count). The third kappa shape index (κ3) is 5.53. The minimum Gasteiger partial charge on any atom is -0.341 e. The average Bonchev–Trinajstić information content (AvgIpc) is 2.94. The Hall–Kier alpha value is -2.44. The van der Waals surface area contributed by atoms with Gasteiger partial charge in [-0.1, -0.05) is 24.3 Å². The quantitative estimate of drug-likeness (QED) is 0.850. The molecule has 0 radical (unpaired) electrons. The second-order valence-corrected chi connectivity index (χ2v) is 6.73. The molecule has 1 saturated heterocycles. The van der Waals surface area contributed by atoms with E-state index < -0.39 is 0 Å². The minimum atomic E-state index is -0.339. The summed E-state index contributed by atoms with van der Waals surface area (Å²) in [5.41, 5.74) is 7.87. The maximum Gasteiger partial charge on any atom is 0.253 e. The van der Waals surface area contributed by atoms with Crippen molar-refractivity contribution in [3.05, 3.63) is 71.0 Å². The van der Waals surface area contributed by atoms with Crippen molar-refractivity contribution in [2.24, 2.45) is 5.73 Å². The van der Waals surface area contributed by atoms with Gasteiger partial charge in [0.1, 0.15) is 5.82 Å². The Morgan fingerprint density at radius 2 is 1.61 bits per heavy atom. The summed E-state index contributed by atoms with van der Waals surface area (Å²) in [5, 5.41) is 0. The summed E-state index contributed by atoms with van der Waals surface area (Å²) in [7, 11) is 0. The number of hydrogen-bond acceptors (Lipinski definition) is 3. The monoisotopic (exact) mass is 405 g/mol. The van der Waals surface area contributed by atoms with Crippen LogP contribution >= 0.6 is 12.4 Å². The van der Waals surface area contributed by atoms with Crippen LogP contribution in [0, 0.1) is 5.82 Å². The van der Waals surface area contributed by atoms with Crippen molar-refractivity contribution in [1.29, 1.82) is 0 Å². The number of nitrogens with zero attached hydrogens (tertiary/aromatic N) is 2. The van der Waals surface area contributed by atoms with Crippen molar-refractivity contribution in [1.82, 2.24) is 9.80 Å². The zero-order valence-electron chi connectivity index (χ0n) is 15.6. The standard InChI is InChI=1S/C21H24FN3O2.ClH/c22-19-4-1-3-17(13-19)14-20(26)24-9-2-10-25(12-11-24)21(27)18-7-5-16(15-23)6-8-18;/h1,3-8,13H,2,9-12,14-15,23H2;1H. The molecule has 7 heteroatoms. The summed E-state index contributed by atoms with van der Waals surface area (Å²) >= 11 is 0. The molecule has 1 aliphatic rings. The molecule has 2 N–H and O–H groups in total. The van der Waals surface area contributed by atoms with E-state index in [9.17, 15) is 14.0 Å². The van der Waals surface area contributed by atoms with E-state index in [2.05, 4.69) is 0 Å². The van der Waals surface area contributed by atoms with E-state index in [0.29, 0.717) is 43.9 Å². The lowest BCUT2D eigenvalue weighted by Crippen LogP contribution is -2.38. The van der Waals surface area contributed by atoms with Crippen LogP contribution < -0.4 is 5.73 Å². The van der Waals surface area contributed by atoms with Gasteiger partial charge >= 0.3 is 0 Å². The molecule has 5 nitrogen and oxygen atoms in total. The van der Waals surface area contributed by atoms with E-state index in [1.165, 1.54) is 12.1 Å². The lowest BCUT2D eigenvalue weighted by molar-refractivity contribution is -0.130. The van der Waals surface area contributed by atoms with Gasteiger partial charge in [0.05, 0.1) is 6.42 Å². The van der Waals surface area contributed by atoms with Gasteiger partial charge in [0, 0.05) is 38.3 Å². The van der Waals surface area contributed by atoms with E-state index in [1.54, 1.807) is 34.1 Å². The Bertz CT molecular complexity index is 814. The third-order valence-corrected chi connectivity index (χ3v) is 4.82. The highest BCUT2D eigenvalue weighted by Gasteiger charge is 2.23. The molecule has 1 heterocycles. The van der Waals surface area contributed by atoms with Gasteiger partial charge in [-0.05, 0) is 41.8 Å². The van der Waals surface area contributed by atoms with E-state index in [-0.39, 0.29) is 36.5 Å². The van der Waals surface area contributed by atoms with Crippen molar-refractivity contribution >= 4 is 24.2 Å². The summed E-state index contributed by atoms with van der Waals surface area (Å²) in [4.78, 5) is 28.8. The molecule has 1 aliphatic heterocycles. The fourth-order valence-electron chi connectivity index (χ4n) is 3.27. The van der Waals surface area contributed by atoms with E-state index in [0.717, 1.165) is 12.0 Å². The molecule has 0 saturated carbocycles. The maximum absolute atomic E-state index is 13.3. The van der Waals surface area contributed by atoms with E-state index in [4.69, 9.17) is 5.73 Å². The molecule has 2 aromatic rings. The van der Waals surface area contributed by atoms with Gasteiger partial charge in [-0.25, -0.2) is 4.39 Å². The lowest BCUT2D eigenvalue weighted by Gasteiger charge is -2.22. The molecule has 150 valence electrons. The normalized spacial score (nSPS) is 14.2. The predicted octanol–water partition coefficient (Wildman–Crippen LogP) is 2.62. The Labute approximate surface area is 170 Å². The van der Waals surface area contributed by atoms with Gasteiger partial charge < -0.3 is 15.5 Å². The third-order valence-electron chi connectivity index (χ3n) is 4.82. The number of carbonyl (C=O) groups excluding carboxylic acids is 2. The summed E-state index contributed by atoms with van der Waals surface area (Å²) < 4.78 is 13.3. The zero-order valence-corrected chi connectivity index (χ0v) is 16.5. The molecule has 0 spiro atoms. The highest BCUT2D eigenvalue weighted by Crippen LogP contribution is 2.12. The molecular weight excluding hydrogens is 381 g/mol. The van der Waals surface area contributed by atoms with Crippen molar-refractivity contribution in [3.63, 3.8) is 0 Å². The molecule has 2 amide bonds. The first kappa shape index (κ1) is 21.9. The molecule has 0 unspecified atom stereocenters. The van der Waals surface area contributed by atoms with Crippen LogP contribution in [-0.2, 0) is 17.8 Å². The molecule has 1 fully saturated rings. The van der Waals surface area contributed by atoms with Gasteiger partial charge in [-0.3, -0.25) is 9.59 Å². The number of hydrogen-bond donors (Lipinski definition) is 1. The first-order chi connectivity index (χ1) is 13.1. The van der Waals surface area contributed by atoms with Gasteiger partial charge in [0.15, 0.2) is 0 Å². The van der Waals surface area contributed by atoms with Crippen LogP contribution in [0.3, 0.4) is 0 Å². The van der Waals surface area contributed by atoms with Crippen molar-refractivity contribution in [2.45, 2.75) is 19.4 Å². The fraction of sp³-hybridized carbons (Fsp3) is 0.333. The number of benzene rings is 2. The number of amides is 2. The summed E-state index contributed by atoms with van der Waals surface area (Å²) in [6.07, 6.45) is 0.897. The highest BCUT2D eigenvalue weighted by atomic mass is 35.5. The summed E-state index contributed by atoms with van der Waals surface area (Å²) in [6, 6.07) is 13.4. The summed E-state index contributed by atoms with van der Waals surface area (Å²) in [5.74, 6) is -0.409. The molecule has 0 aromatic heterocycles.